The minimum Gasteiger partial charge on any atom is -0.321 e. The number of benzene rings is 1. The molecule has 0 amide bonds. The first-order chi connectivity index (χ1) is 6.52. The number of hydrogen-bond donors (Lipinski definition) is 1. The fourth-order valence-electron chi connectivity index (χ4n) is 1.23. The van der Waals surface area contributed by atoms with Crippen molar-refractivity contribution in [3.8, 4) is 0 Å². The Bertz CT molecular complexity index is 356. The smallest absolute Gasteiger partial charge is 0.0599 e. The Morgan fingerprint density at radius 2 is 2.14 bits per heavy atom. The minimum atomic E-state index is -0.134. The third kappa shape index (κ3) is 2.84. The lowest BCUT2D eigenvalue weighted by Gasteiger charge is -2.11. The Labute approximate surface area is 98.1 Å². The monoisotopic (exact) mass is 273 g/mol. The van der Waals surface area contributed by atoms with Crippen molar-refractivity contribution in [3.63, 3.8) is 0 Å². The highest BCUT2D eigenvalue weighted by atomic mass is 79.9. The zero-order valence-corrected chi connectivity index (χ0v) is 10.6. The lowest BCUT2D eigenvalue weighted by molar-refractivity contribution is 0.898. The third-order valence-corrected chi connectivity index (χ3v) is 3.16. The third-order valence-electron chi connectivity index (χ3n) is 1.85. The molecule has 14 heavy (non-hydrogen) atoms. The molecule has 2 N–H and O–H groups in total. The van der Waals surface area contributed by atoms with Crippen molar-refractivity contribution in [1.82, 2.24) is 0 Å². The van der Waals surface area contributed by atoms with Crippen LogP contribution in [-0.2, 0) is 0 Å². The van der Waals surface area contributed by atoms with E-state index in [1.807, 2.05) is 38.1 Å². The van der Waals surface area contributed by atoms with Crippen LogP contribution >= 0.6 is 27.5 Å². The normalized spacial score (nSPS) is 12.4. The van der Waals surface area contributed by atoms with E-state index >= 15 is 0 Å². The Kier molecular flexibility index (Phi) is 4.17. The molecular weight excluding hydrogens is 261 g/mol. The number of halogens is 2. The summed E-state index contributed by atoms with van der Waals surface area (Å²) >= 11 is 9.49. The van der Waals surface area contributed by atoms with Gasteiger partial charge in [0.05, 0.1) is 5.02 Å². The topological polar surface area (TPSA) is 26.0 Å². The first kappa shape index (κ1) is 11.8. The molecule has 0 saturated heterocycles. The van der Waals surface area contributed by atoms with Gasteiger partial charge in [-0.05, 0) is 41.4 Å². The second-order valence-corrected chi connectivity index (χ2v) is 4.65. The highest BCUT2D eigenvalue weighted by molar-refractivity contribution is 9.10. The SMILES string of the molecule is CC(C)=CC(N)c1cccc(Br)c1Cl. The molecule has 0 fully saturated rings. The van der Waals surface area contributed by atoms with Gasteiger partial charge < -0.3 is 5.73 Å². The van der Waals surface area contributed by atoms with E-state index in [2.05, 4.69) is 15.9 Å². The van der Waals surface area contributed by atoms with Crippen LogP contribution in [0.2, 0.25) is 5.02 Å². The molecule has 1 unspecified atom stereocenters. The van der Waals surface area contributed by atoms with E-state index in [0.717, 1.165) is 10.0 Å². The molecule has 76 valence electrons. The summed E-state index contributed by atoms with van der Waals surface area (Å²) in [5.74, 6) is 0. The molecule has 0 bridgehead atoms. The summed E-state index contributed by atoms with van der Waals surface area (Å²) in [6.45, 7) is 4.04. The van der Waals surface area contributed by atoms with Gasteiger partial charge in [-0.1, -0.05) is 35.4 Å². The summed E-state index contributed by atoms with van der Waals surface area (Å²) in [4.78, 5) is 0. The second-order valence-electron chi connectivity index (χ2n) is 3.41. The van der Waals surface area contributed by atoms with Crippen LogP contribution in [0.4, 0.5) is 0 Å². The predicted octanol–water partition coefficient (Wildman–Crippen LogP) is 4.07. The quantitative estimate of drug-likeness (QED) is 0.808. The van der Waals surface area contributed by atoms with Gasteiger partial charge in [0.25, 0.3) is 0 Å². The van der Waals surface area contributed by atoms with Gasteiger partial charge in [-0.3, -0.25) is 0 Å². The standard InChI is InChI=1S/C11H13BrClN/c1-7(2)6-10(14)8-4-3-5-9(12)11(8)13/h3-6,10H,14H2,1-2H3. The number of rotatable bonds is 2. The molecule has 0 spiro atoms. The average molecular weight is 275 g/mol. The summed E-state index contributed by atoms with van der Waals surface area (Å²) in [6, 6.07) is 5.65. The van der Waals surface area contributed by atoms with Gasteiger partial charge >= 0.3 is 0 Å². The molecule has 1 aromatic rings. The predicted molar refractivity (Wildman–Crippen MR) is 65.5 cm³/mol. The van der Waals surface area contributed by atoms with Gasteiger partial charge in [0, 0.05) is 10.5 Å². The number of hydrogen-bond acceptors (Lipinski definition) is 1. The van der Waals surface area contributed by atoms with Crippen LogP contribution in [0.25, 0.3) is 0 Å². The number of allylic oxidation sites excluding steroid dienone is 1. The molecule has 0 saturated carbocycles. The van der Waals surface area contributed by atoms with Crippen LogP contribution in [0.3, 0.4) is 0 Å². The zero-order chi connectivity index (χ0) is 10.7. The van der Waals surface area contributed by atoms with Crippen molar-refractivity contribution in [1.29, 1.82) is 0 Å². The molecule has 0 aliphatic rings. The average Bonchev–Trinajstić information content (AvgIpc) is 2.08. The van der Waals surface area contributed by atoms with Crippen molar-refractivity contribution in [2.24, 2.45) is 5.73 Å². The minimum absolute atomic E-state index is 0.134. The number of nitrogens with two attached hydrogens (primary N) is 1. The molecule has 0 radical (unpaired) electrons. The first-order valence-corrected chi connectivity index (χ1v) is 5.54. The molecule has 3 heteroatoms. The van der Waals surface area contributed by atoms with Gasteiger partial charge in [-0.15, -0.1) is 0 Å². The molecular formula is C11H13BrClN. The van der Waals surface area contributed by atoms with Crippen LogP contribution in [0.15, 0.2) is 34.3 Å². The van der Waals surface area contributed by atoms with Gasteiger partial charge in [0.1, 0.15) is 0 Å². The maximum absolute atomic E-state index is 6.12. The molecule has 0 heterocycles. The van der Waals surface area contributed by atoms with E-state index in [-0.39, 0.29) is 6.04 Å². The molecule has 1 rings (SSSR count). The molecule has 1 aromatic carbocycles. The Morgan fingerprint density at radius 3 is 2.71 bits per heavy atom. The fraction of sp³-hybridized carbons (Fsp3) is 0.273. The lowest BCUT2D eigenvalue weighted by Crippen LogP contribution is -2.08. The summed E-state index contributed by atoms with van der Waals surface area (Å²) in [6.07, 6.45) is 1.99. The molecule has 0 aromatic heterocycles. The van der Waals surface area contributed by atoms with E-state index in [1.165, 1.54) is 5.57 Å². The van der Waals surface area contributed by atoms with Crippen LogP contribution in [-0.4, -0.2) is 0 Å². The Hall–Kier alpha value is -0.310. The molecule has 0 aliphatic heterocycles. The van der Waals surface area contributed by atoms with E-state index < -0.39 is 0 Å². The van der Waals surface area contributed by atoms with Gasteiger partial charge in [0.15, 0.2) is 0 Å². The largest absolute Gasteiger partial charge is 0.321 e. The van der Waals surface area contributed by atoms with Crippen LogP contribution in [0.5, 0.6) is 0 Å². The zero-order valence-electron chi connectivity index (χ0n) is 8.22. The van der Waals surface area contributed by atoms with Crippen LogP contribution in [0.1, 0.15) is 25.5 Å². The summed E-state index contributed by atoms with van der Waals surface area (Å²) in [7, 11) is 0. The highest BCUT2D eigenvalue weighted by Gasteiger charge is 2.09. The highest BCUT2D eigenvalue weighted by Crippen LogP contribution is 2.30. The van der Waals surface area contributed by atoms with Crippen molar-refractivity contribution in [2.75, 3.05) is 0 Å². The summed E-state index contributed by atoms with van der Waals surface area (Å²) in [5, 5.41) is 0.692. The summed E-state index contributed by atoms with van der Waals surface area (Å²) in [5.41, 5.74) is 8.12. The fourth-order valence-corrected chi connectivity index (χ4v) is 1.86. The maximum Gasteiger partial charge on any atom is 0.0599 e. The molecule has 1 nitrogen and oxygen atoms in total. The van der Waals surface area contributed by atoms with E-state index in [1.54, 1.807) is 0 Å². The van der Waals surface area contributed by atoms with E-state index in [4.69, 9.17) is 17.3 Å². The maximum atomic E-state index is 6.12. The van der Waals surface area contributed by atoms with Crippen molar-refractivity contribution >= 4 is 27.5 Å². The second kappa shape index (κ2) is 4.96. The molecule has 1 atom stereocenters. The lowest BCUT2D eigenvalue weighted by atomic mass is 10.1. The Balaban J connectivity index is 3.07. The van der Waals surface area contributed by atoms with E-state index in [0.29, 0.717) is 5.02 Å². The van der Waals surface area contributed by atoms with Crippen molar-refractivity contribution < 1.29 is 0 Å². The first-order valence-electron chi connectivity index (χ1n) is 4.37. The van der Waals surface area contributed by atoms with Gasteiger partial charge in [0.2, 0.25) is 0 Å². The van der Waals surface area contributed by atoms with Crippen molar-refractivity contribution in [3.05, 3.63) is 44.9 Å². The van der Waals surface area contributed by atoms with Crippen LogP contribution in [0, 0.1) is 0 Å². The Morgan fingerprint density at radius 1 is 1.50 bits per heavy atom. The van der Waals surface area contributed by atoms with Crippen LogP contribution < -0.4 is 5.73 Å². The molecule has 0 aliphatic carbocycles. The van der Waals surface area contributed by atoms with Crippen molar-refractivity contribution in [2.45, 2.75) is 19.9 Å². The van der Waals surface area contributed by atoms with Gasteiger partial charge in [-0.2, -0.15) is 0 Å². The van der Waals surface area contributed by atoms with E-state index in [9.17, 15) is 0 Å². The van der Waals surface area contributed by atoms with Gasteiger partial charge in [-0.25, -0.2) is 0 Å². The summed E-state index contributed by atoms with van der Waals surface area (Å²) < 4.78 is 0.884.